The minimum Gasteiger partial charge on any atom is -0.369 e. The van der Waals surface area contributed by atoms with Gasteiger partial charge in [-0.15, -0.1) is 11.3 Å². The Morgan fingerprint density at radius 1 is 1.33 bits per heavy atom. The van der Waals surface area contributed by atoms with Gasteiger partial charge in [-0.1, -0.05) is 23.7 Å². The number of ether oxygens (including phenoxy) is 1. The van der Waals surface area contributed by atoms with Gasteiger partial charge in [-0.05, 0) is 49.1 Å². The second kappa shape index (κ2) is 7.04. The van der Waals surface area contributed by atoms with Crippen LogP contribution >= 0.6 is 22.9 Å². The molecule has 0 aliphatic carbocycles. The summed E-state index contributed by atoms with van der Waals surface area (Å²) in [5.74, 6) is 0. The first-order valence-electron chi connectivity index (χ1n) is 9.00. The summed E-state index contributed by atoms with van der Waals surface area (Å²) in [6, 6.07) is 9.98. The van der Waals surface area contributed by atoms with Crippen LogP contribution in [0, 0.1) is 0 Å². The second-order valence-electron chi connectivity index (χ2n) is 7.53. The summed E-state index contributed by atoms with van der Waals surface area (Å²) in [6.45, 7) is 2.87. The molecule has 0 amide bonds. The lowest BCUT2D eigenvalue weighted by molar-refractivity contribution is -0.0954. The molecule has 3 unspecified atom stereocenters. The molecule has 1 saturated heterocycles. The molecule has 2 aromatic rings. The van der Waals surface area contributed by atoms with Gasteiger partial charge in [-0.3, -0.25) is 4.72 Å². The van der Waals surface area contributed by atoms with Crippen molar-refractivity contribution in [1.29, 1.82) is 0 Å². The van der Waals surface area contributed by atoms with E-state index in [1.165, 1.54) is 10.4 Å². The van der Waals surface area contributed by atoms with Crippen LogP contribution in [0.25, 0.3) is 0 Å². The minimum atomic E-state index is -3.31. The Balaban J connectivity index is 1.67. The zero-order valence-electron chi connectivity index (χ0n) is 15.3. The maximum Gasteiger partial charge on any atom is 0.229 e. The molecule has 5 nitrogen and oxygen atoms in total. The number of hydrogen-bond acceptors (Lipinski definition) is 5. The number of benzene rings is 1. The lowest BCUT2D eigenvalue weighted by atomic mass is 9.78. The summed E-state index contributed by atoms with van der Waals surface area (Å²) in [6.07, 6.45) is 3.76. The SMILES string of the molecule is CC1CC2(CC(c3cccc(NS(C)(=O)=O)c3)N1)OCCc1cc(Cl)sc12. The van der Waals surface area contributed by atoms with E-state index >= 15 is 0 Å². The fourth-order valence-corrected chi connectivity index (χ4v) is 6.33. The molecule has 2 aliphatic rings. The van der Waals surface area contributed by atoms with Crippen LogP contribution in [0.3, 0.4) is 0 Å². The van der Waals surface area contributed by atoms with Crippen LogP contribution in [0.1, 0.15) is 41.8 Å². The zero-order chi connectivity index (χ0) is 19.2. The number of hydrogen-bond donors (Lipinski definition) is 2. The summed E-state index contributed by atoms with van der Waals surface area (Å²) >= 11 is 7.93. The van der Waals surface area contributed by atoms with Gasteiger partial charge in [0.2, 0.25) is 10.0 Å². The highest BCUT2D eigenvalue weighted by Gasteiger charge is 2.46. The highest BCUT2D eigenvalue weighted by atomic mass is 35.5. The van der Waals surface area contributed by atoms with Gasteiger partial charge in [0.25, 0.3) is 0 Å². The van der Waals surface area contributed by atoms with Crippen LogP contribution in [-0.4, -0.2) is 27.3 Å². The number of rotatable bonds is 3. The average molecular weight is 427 g/mol. The number of thiophene rings is 1. The van der Waals surface area contributed by atoms with Gasteiger partial charge in [0.05, 0.1) is 17.2 Å². The second-order valence-corrected chi connectivity index (χ2v) is 11.0. The minimum absolute atomic E-state index is 0.0712. The molecule has 1 aromatic heterocycles. The third kappa shape index (κ3) is 4.03. The van der Waals surface area contributed by atoms with E-state index in [-0.39, 0.29) is 17.7 Å². The Morgan fingerprint density at radius 3 is 2.93 bits per heavy atom. The van der Waals surface area contributed by atoms with E-state index in [0.29, 0.717) is 12.3 Å². The molecule has 3 heterocycles. The lowest BCUT2D eigenvalue weighted by Crippen LogP contribution is -2.49. The molecule has 8 heteroatoms. The molecular formula is C19H23ClN2O3S2. The molecular weight excluding hydrogens is 404 g/mol. The van der Waals surface area contributed by atoms with E-state index in [1.54, 1.807) is 17.4 Å². The lowest BCUT2D eigenvalue weighted by Gasteiger charge is -2.46. The van der Waals surface area contributed by atoms with Crippen molar-refractivity contribution in [2.75, 3.05) is 17.6 Å². The van der Waals surface area contributed by atoms with Crippen LogP contribution in [0.2, 0.25) is 4.34 Å². The first-order valence-corrected chi connectivity index (χ1v) is 12.1. The van der Waals surface area contributed by atoms with Gasteiger partial charge >= 0.3 is 0 Å². The molecule has 2 N–H and O–H groups in total. The van der Waals surface area contributed by atoms with Crippen molar-refractivity contribution in [3.63, 3.8) is 0 Å². The number of anilines is 1. The van der Waals surface area contributed by atoms with Crippen molar-refractivity contribution in [3.8, 4) is 0 Å². The van der Waals surface area contributed by atoms with Crippen molar-refractivity contribution in [2.24, 2.45) is 0 Å². The molecule has 2 aliphatic heterocycles. The summed E-state index contributed by atoms with van der Waals surface area (Å²) in [5, 5.41) is 3.65. The number of piperidine rings is 1. The van der Waals surface area contributed by atoms with Gasteiger partial charge in [0.1, 0.15) is 5.60 Å². The van der Waals surface area contributed by atoms with Crippen LogP contribution in [0.5, 0.6) is 0 Å². The Morgan fingerprint density at radius 2 is 2.15 bits per heavy atom. The predicted molar refractivity (Wildman–Crippen MR) is 110 cm³/mol. The Bertz CT molecular complexity index is 960. The van der Waals surface area contributed by atoms with Crippen molar-refractivity contribution in [2.45, 2.75) is 43.9 Å². The van der Waals surface area contributed by atoms with Crippen LogP contribution in [0.4, 0.5) is 5.69 Å². The van der Waals surface area contributed by atoms with E-state index in [9.17, 15) is 8.42 Å². The van der Waals surface area contributed by atoms with Gasteiger partial charge in [0, 0.05) is 29.1 Å². The topological polar surface area (TPSA) is 67.4 Å². The Kier molecular flexibility index (Phi) is 5.01. The van der Waals surface area contributed by atoms with Crippen molar-refractivity contribution >= 4 is 38.6 Å². The van der Waals surface area contributed by atoms with Crippen molar-refractivity contribution in [3.05, 3.63) is 50.7 Å². The van der Waals surface area contributed by atoms with E-state index in [0.717, 1.165) is 35.4 Å². The molecule has 146 valence electrons. The number of sulfonamides is 1. The molecule has 0 saturated carbocycles. The van der Waals surface area contributed by atoms with Crippen LogP contribution < -0.4 is 10.0 Å². The van der Waals surface area contributed by atoms with Gasteiger partial charge in [0.15, 0.2) is 0 Å². The third-order valence-corrected chi connectivity index (χ3v) is 7.29. The third-order valence-electron chi connectivity index (χ3n) is 5.19. The Labute approximate surface area is 169 Å². The largest absolute Gasteiger partial charge is 0.369 e. The van der Waals surface area contributed by atoms with Crippen molar-refractivity contribution in [1.82, 2.24) is 5.32 Å². The molecule has 0 radical (unpaired) electrons. The van der Waals surface area contributed by atoms with Gasteiger partial charge in [-0.2, -0.15) is 0 Å². The number of halogens is 1. The van der Waals surface area contributed by atoms with Crippen LogP contribution in [-0.2, 0) is 26.8 Å². The first-order chi connectivity index (χ1) is 12.7. The van der Waals surface area contributed by atoms with Gasteiger partial charge in [-0.25, -0.2) is 8.42 Å². The highest BCUT2D eigenvalue weighted by molar-refractivity contribution is 7.92. The maximum absolute atomic E-state index is 11.6. The molecule has 1 aromatic carbocycles. The standard InChI is InChI=1S/C19H23ClN2O3S2/c1-12-10-19(18-14(6-7-25-19)9-17(20)26-18)11-16(21-12)13-4-3-5-15(8-13)22-27(2,23)24/h3-5,8-9,12,16,21-22H,6-7,10-11H2,1-2H3. The smallest absolute Gasteiger partial charge is 0.229 e. The monoisotopic (exact) mass is 426 g/mol. The summed E-state index contributed by atoms with van der Waals surface area (Å²) in [7, 11) is -3.31. The van der Waals surface area contributed by atoms with Gasteiger partial charge < -0.3 is 10.1 Å². The first kappa shape index (κ1) is 19.2. The predicted octanol–water partition coefficient (Wildman–Crippen LogP) is 4.05. The zero-order valence-corrected chi connectivity index (χ0v) is 17.7. The van der Waals surface area contributed by atoms with E-state index in [1.807, 2.05) is 18.2 Å². The summed E-state index contributed by atoms with van der Waals surface area (Å²) < 4.78 is 32.9. The van der Waals surface area contributed by atoms with Crippen LogP contribution in [0.15, 0.2) is 30.3 Å². The fourth-order valence-electron chi connectivity index (χ4n) is 4.31. The van der Waals surface area contributed by atoms with E-state index < -0.39 is 10.0 Å². The number of nitrogens with one attached hydrogen (secondary N) is 2. The molecule has 0 bridgehead atoms. The fraction of sp³-hybridized carbons (Fsp3) is 0.474. The normalized spacial score (nSPS) is 28.1. The quantitative estimate of drug-likeness (QED) is 0.776. The molecule has 4 rings (SSSR count). The Hall–Kier alpha value is -1.12. The maximum atomic E-state index is 11.6. The molecule has 1 spiro atoms. The summed E-state index contributed by atoms with van der Waals surface area (Å²) in [4.78, 5) is 1.25. The molecule has 3 atom stereocenters. The molecule has 27 heavy (non-hydrogen) atoms. The van der Waals surface area contributed by atoms with Crippen molar-refractivity contribution < 1.29 is 13.2 Å². The van der Waals surface area contributed by atoms with E-state index in [4.69, 9.17) is 16.3 Å². The molecule has 1 fully saturated rings. The van der Waals surface area contributed by atoms with E-state index in [2.05, 4.69) is 23.0 Å². The average Bonchev–Trinajstić information content (AvgIpc) is 2.95. The highest BCUT2D eigenvalue weighted by Crippen LogP contribution is 2.50. The summed E-state index contributed by atoms with van der Waals surface area (Å²) in [5.41, 5.74) is 2.60. The number of fused-ring (bicyclic) bond motifs is 2.